The normalized spacial score (nSPS) is 10.7. The van der Waals surface area contributed by atoms with Crippen LogP contribution in [0.1, 0.15) is 5.56 Å². The molecule has 0 aliphatic heterocycles. The van der Waals surface area contributed by atoms with Gasteiger partial charge in [0.25, 0.3) is 0 Å². The fourth-order valence-corrected chi connectivity index (χ4v) is 1.65. The zero-order chi connectivity index (χ0) is 10.8. The van der Waals surface area contributed by atoms with Crippen molar-refractivity contribution in [2.24, 2.45) is 0 Å². The Balaban J connectivity index is 2.39. The minimum atomic E-state index is -0.365. The Labute approximate surface area is 89.4 Å². The lowest BCUT2D eigenvalue weighted by molar-refractivity contribution is -0.479. The topological polar surface area (TPSA) is 84.7 Å². The Kier molecular flexibility index (Phi) is 2.51. The summed E-state index contributed by atoms with van der Waals surface area (Å²) in [7, 11) is 0. The molecule has 0 fully saturated rings. The number of nitrogens with one attached hydrogen (secondary N) is 1. The van der Waals surface area contributed by atoms with Crippen molar-refractivity contribution in [3.8, 4) is 0 Å². The Morgan fingerprint density at radius 2 is 2.33 bits per heavy atom. The molecular weight excluding hydrogens is 220 g/mol. The molecule has 7 heteroatoms. The lowest BCUT2D eigenvalue weighted by atomic mass is 10.2. The Morgan fingerprint density at radius 1 is 1.53 bits per heavy atom. The number of aromatic nitrogens is 3. The van der Waals surface area contributed by atoms with Crippen molar-refractivity contribution < 1.29 is 4.92 Å². The average molecular weight is 227 g/mol. The molecule has 0 unspecified atom stereocenters. The first kappa shape index (κ1) is 9.85. The van der Waals surface area contributed by atoms with E-state index in [1.807, 2.05) is 0 Å². The predicted octanol–water partition coefficient (Wildman–Crippen LogP) is 1.43. The van der Waals surface area contributed by atoms with Gasteiger partial charge in [0.05, 0.1) is 5.39 Å². The molecule has 2 aromatic rings. The summed E-state index contributed by atoms with van der Waals surface area (Å²) in [4.78, 5) is 20.6. The molecule has 0 aromatic carbocycles. The molecule has 15 heavy (non-hydrogen) atoms. The number of H-pyrrole nitrogens is 1. The van der Waals surface area contributed by atoms with Crippen LogP contribution in [0.4, 0.5) is 0 Å². The molecule has 2 heterocycles. The van der Waals surface area contributed by atoms with E-state index in [0.717, 1.165) is 5.56 Å². The average Bonchev–Trinajstić information content (AvgIpc) is 2.59. The SMILES string of the molecule is O=[N+]([O-])CCc1c[nH]c2ncnc(Cl)c12. The first-order valence-electron chi connectivity index (χ1n) is 4.26. The van der Waals surface area contributed by atoms with Crippen molar-refractivity contribution in [1.82, 2.24) is 15.0 Å². The summed E-state index contributed by atoms with van der Waals surface area (Å²) in [6.45, 7) is -0.127. The maximum atomic E-state index is 10.2. The van der Waals surface area contributed by atoms with Crippen LogP contribution in [0.15, 0.2) is 12.5 Å². The van der Waals surface area contributed by atoms with Crippen LogP contribution >= 0.6 is 11.6 Å². The fourth-order valence-electron chi connectivity index (χ4n) is 1.39. The van der Waals surface area contributed by atoms with Crippen LogP contribution in [0, 0.1) is 10.1 Å². The summed E-state index contributed by atoms with van der Waals surface area (Å²) in [6, 6.07) is 0. The Morgan fingerprint density at radius 3 is 3.07 bits per heavy atom. The molecule has 6 nitrogen and oxygen atoms in total. The highest BCUT2D eigenvalue weighted by Crippen LogP contribution is 2.23. The molecule has 0 spiro atoms. The second kappa shape index (κ2) is 3.82. The fraction of sp³-hybridized carbons (Fsp3) is 0.250. The highest BCUT2D eigenvalue weighted by Gasteiger charge is 2.11. The molecule has 0 saturated heterocycles. The van der Waals surface area contributed by atoms with Crippen molar-refractivity contribution in [2.45, 2.75) is 6.42 Å². The van der Waals surface area contributed by atoms with E-state index in [-0.39, 0.29) is 11.5 Å². The summed E-state index contributed by atoms with van der Waals surface area (Å²) in [5, 5.41) is 11.2. The van der Waals surface area contributed by atoms with Crippen LogP contribution < -0.4 is 0 Å². The molecule has 0 bridgehead atoms. The van der Waals surface area contributed by atoms with Crippen LogP contribution in [0.25, 0.3) is 11.0 Å². The van der Waals surface area contributed by atoms with E-state index in [1.165, 1.54) is 6.33 Å². The van der Waals surface area contributed by atoms with E-state index in [2.05, 4.69) is 15.0 Å². The van der Waals surface area contributed by atoms with Gasteiger partial charge in [0.2, 0.25) is 6.54 Å². The second-order valence-corrected chi connectivity index (χ2v) is 3.37. The van der Waals surface area contributed by atoms with Crippen molar-refractivity contribution in [3.05, 3.63) is 33.4 Å². The zero-order valence-electron chi connectivity index (χ0n) is 7.61. The third-order valence-corrected chi connectivity index (χ3v) is 2.36. The minimum Gasteiger partial charge on any atom is -0.346 e. The van der Waals surface area contributed by atoms with E-state index < -0.39 is 0 Å². The molecule has 0 aliphatic rings. The van der Waals surface area contributed by atoms with Gasteiger partial charge in [-0.2, -0.15) is 0 Å². The maximum Gasteiger partial charge on any atom is 0.207 e. The highest BCUT2D eigenvalue weighted by atomic mass is 35.5. The lowest BCUT2D eigenvalue weighted by Gasteiger charge is -1.96. The predicted molar refractivity (Wildman–Crippen MR) is 54.5 cm³/mol. The van der Waals surface area contributed by atoms with Gasteiger partial charge < -0.3 is 4.98 Å². The largest absolute Gasteiger partial charge is 0.346 e. The van der Waals surface area contributed by atoms with Crippen molar-refractivity contribution >= 4 is 22.6 Å². The standard InChI is InChI=1S/C8H7ClN4O2/c9-7-6-5(1-2-13(14)15)3-10-8(6)12-4-11-7/h3-4H,1-2H2,(H,10,11,12). The van der Waals surface area contributed by atoms with E-state index in [1.54, 1.807) is 6.20 Å². The van der Waals surface area contributed by atoms with Gasteiger partial charge in [0, 0.05) is 17.5 Å². The van der Waals surface area contributed by atoms with Gasteiger partial charge in [0.15, 0.2) is 0 Å². The first-order valence-corrected chi connectivity index (χ1v) is 4.64. The quantitative estimate of drug-likeness (QED) is 0.487. The summed E-state index contributed by atoms with van der Waals surface area (Å²) in [5.41, 5.74) is 1.38. The molecule has 78 valence electrons. The van der Waals surface area contributed by atoms with Gasteiger partial charge in [-0.25, -0.2) is 9.97 Å². The van der Waals surface area contributed by atoms with E-state index in [4.69, 9.17) is 11.6 Å². The summed E-state index contributed by atoms with van der Waals surface area (Å²) < 4.78 is 0. The minimum absolute atomic E-state index is 0.127. The molecular formula is C8H7ClN4O2. The van der Waals surface area contributed by atoms with Crippen molar-refractivity contribution in [3.63, 3.8) is 0 Å². The van der Waals surface area contributed by atoms with Crippen LogP contribution in [0.2, 0.25) is 5.15 Å². The van der Waals surface area contributed by atoms with Gasteiger partial charge >= 0.3 is 0 Å². The number of nitrogens with zero attached hydrogens (tertiary/aromatic N) is 3. The van der Waals surface area contributed by atoms with E-state index in [0.29, 0.717) is 22.6 Å². The Bertz CT molecular complexity index is 510. The third kappa shape index (κ3) is 1.89. The molecule has 1 N–H and O–H groups in total. The number of rotatable bonds is 3. The van der Waals surface area contributed by atoms with Gasteiger partial charge in [-0.1, -0.05) is 11.6 Å². The van der Waals surface area contributed by atoms with Crippen LogP contribution in [0.5, 0.6) is 0 Å². The van der Waals surface area contributed by atoms with Gasteiger partial charge in [-0.05, 0) is 5.56 Å². The zero-order valence-corrected chi connectivity index (χ0v) is 8.36. The molecule has 0 saturated carbocycles. The maximum absolute atomic E-state index is 10.2. The first-order chi connectivity index (χ1) is 7.18. The highest BCUT2D eigenvalue weighted by molar-refractivity contribution is 6.34. The van der Waals surface area contributed by atoms with Crippen LogP contribution in [-0.4, -0.2) is 26.4 Å². The molecule has 0 atom stereocenters. The van der Waals surface area contributed by atoms with Crippen LogP contribution in [0.3, 0.4) is 0 Å². The van der Waals surface area contributed by atoms with Crippen LogP contribution in [-0.2, 0) is 6.42 Å². The number of hydrogen-bond donors (Lipinski definition) is 1. The number of halogens is 1. The molecule has 2 aromatic heterocycles. The molecule has 2 rings (SSSR count). The number of fused-ring (bicyclic) bond motifs is 1. The van der Waals surface area contributed by atoms with Gasteiger partial charge in [-0.15, -0.1) is 0 Å². The number of nitro groups is 1. The lowest BCUT2D eigenvalue weighted by Crippen LogP contribution is -2.03. The van der Waals surface area contributed by atoms with E-state index in [9.17, 15) is 10.1 Å². The third-order valence-electron chi connectivity index (χ3n) is 2.07. The Hall–Kier alpha value is -1.69. The molecule has 0 aliphatic carbocycles. The summed E-state index contributed by atoms with van der Waals surface area (Å²) in [5.74, 6) is 0. The van der Waals surface area contributed by atoms with Gasteiger partial charge in [0.1, 0.15) is 17.1 Å². The monoisotopic (exact) mass is 226 g/mol. The van der Waals surface area contributed by atoms with Crippen molar-refractivity contribution in [1.29, 1.82) is 0 Å². The van der Waals surface area contributed by atoms with E-state index >= 15 is 0 Å². The molecule has 0 radical (unpaired) electrons. The number of hydrogen-bond acceptors (Lipinski definition) is 4. The smallest absolute Gasteiger partial charge is 0.207 e. The summed E-state index contributed by atoms with van der Waals surface area (Å²) >= 11 is 5.88. The second-order valence-electron chi connectivity index (χ2n) is 3.01. The van der Waals surface area contributed by atoms with Gasteiger partial charge in [-0.3, -0.25) is 10.1 Å². The van der Waals surface area contributed by atoms with Crippen molar-refractivity contribution in [2.75, 3.05) is 6.54 Å². The number of aromatic amines is 1. The molecule has 0 amide bonds. The summed E-state index contributed by atoms with van der Waals surface area (Å²) in [6.07, 6.45) is 3.34.